The number of nitrogens with two attached hydrogens (primary N) is 1. The number of ether oxygens (including phenoxy) is 1. The van der Waals surface area contributed by atoms with Crippen molar-refractivity contribution >= 4 is 21.6 Å². The van der Waals surface area contributed by atoms with Crippen LogP contribution in [0.3, 0.4) is 0 Å². The summed E-state index contributed by atoms with van der Waals surface area (Å²) in [4.78, 5) is 4.33. The van der Waals surface area contributed by atoms with E-state index in [0.717, 1.165) is 32.6 Å². The average Bonchev–Trinajstić information content (AvgIpc) is 2.36. The summed E-state index contributed by atoms with van der Waals surface area (Å²) < 4.78 is 6.83. The molecule has 3 nitrogen and oxygen atoms in total. The highest BCUT2D eigenvalue weighted by atomic mass is 79.9. The molecule has 0 bridgehead atoms. The largest absolute Gasteiger partial charge is 0.438 e. The molecule has 0 aliphatic heterocycles. The Morgan fingerprint density at radius 1 is 1.20 bits per heavy atom. The van der Waals surface area contributed by atoms with Crippen LogP contribution in [-0.2, 0) is 0 Å². The third-order valence-corrected chi connectivity index (χ3v) is 3.74. The van der Waals surface area contributed by atoms with E-state index in [-0.39, 0.29) is 0 Å². The molecule has 0 saturated carbocycles. The van der Waals surface area contributed by atoms with Gasteiger partial charge in [-0.15, -0.1) is 0 Å². The molecule has 106 valence electrons. The molecule has 2 N–H and O–H groups in total. The predicted octanol–water partition coefficient (Wildman–Crippen LogP) is 4.96. The highest BCUT2D eigenvalue weighted by molar-refractivity contribution is 9.10. The second-order valence-corrected chi connectivity index (χ2v) is 6.16. The van der Waals surface area contributed by atoms with Crippen LogP contribution in [0.1, 0.15) is 36.5 Å². The minimum Gasteiger partial charge on any atom is -0.438 e. The van der Waals surface area contributed by atoms with Crippen molar-refractivity contribution in [1.29, 1.82) is 0 Å². The van der Waals surface area contributed by atoms with Crippen molar-refractivity contribution < 1.29 is 4.74 Å². The van der Waals surface area contributed by atoms with Gasteiger partial charge in [0.05, 0.1) is 4.47 Å². The van der Waals surface area contributed by atoms with E-state index in [2.05, 4.69) is 34.8 Å². The zero-order valence-corrected chi connectivity index (χ0v) is 13.8. The van der Waals surface area contributed by atoms with E-state index in [9.17, 15) is 0 Å². The first-order chi connectivity index (χ1) is 9.38. The summed E-state index contributed by atoms with van der Waals surface area (Å²) in [5.41, 5.74) is 9.96. The maximum Gasteiger partial charge on any atom is 0.233 e. The number of anilines is 1. The van der Waals surface area contributed by atoms with E-state index < -0.39 is 0 Å². The zero-order chi connectivity index (χ0) is 14.9. The number of hydrogen-bond donors (Lipinski definition) is 1. The van der Waals surface area contributed by atoms with Gasteiger partial charge < -0.3 is 10.5 Å². The lowest BCUT2D eigenvalue weighted by Crippen LogP contribution is -2.00. The molecule has 0 unspecified atom stereocenters. The SMILES string of the molecule is Cc1cnc(Oc2cc(C)c(N)cc2C(C)C)c(Br)c1. The van der Waals surface area contributed by atoms with Crippen molar-refractivity contribution in [2.45, 2.75) is 33.6 Å². The lowest BCUT2D eigenvalue weighted by atomic mass is 9.99. The average molecular weight is 335 g/mol. The number of aryl methyl sites for hydroxylation is 2. The maximum absolute atomic E-state index is 5.99. The van der Waals surface area contributed by atoms with Gasteiger partial charge in [-0.2, -0.15) is 0 Å². The van der Waals surface area contributed by atoms with Crippen LogP contribution in [0.2, 0.25) is 0 Å². The summed E-state index contributed by atoms with van der Waals surface area (Å²) in [6.07, 6.45) is 1.79. The molecule has 0 saturated heterocycles. The molecule has 1 aromatic heterocycles. The van der Waals surface area contributed by atoms with Gasteiger partial charge in [0.2, 0.25) is 5.88 Å². The molecular formula is C16H19BrN2O. The highest BCUT2D eigenvalue weighted by Gasteiger charge is 2.13. The first-order valence-electron chi connectivity index (χ1n) is 6.58. The van der Waals surface area contributed by atoms with Crippen LogP contribution < -0.4 is 10.5 Å². The lowest BCUT2D eigenvalue weighted by molar-refractivity contribution is 0.451. The second-order valence-electron chi connectivity index (χ2n) is 5.30. The Balaban J connectivity index is 2.44. The van der Waals surface area contributed by atoms with Gasteiger partial charge in [-0.1, -0.05) is 13.8 Å². The summed E-state index contributed by atoms with van der Waals surface area (Å²) in [5, 5.41) is 0. The molecule has 20 heavy (non-hydrogen) atoms. The van der Waals surface area contributed by atoms with Crippen molar-refractivity contribution in [2.75, 3.05) is 5.73 Å². The van der Waals surface area contributed by atoms with Crippen LogP contribution in [0, 0.1) is 13.8 Å². The number of pyridine rings is 1. The molecule has 0 aliphatic rings. The summed E-state index contributed by atoms with van der Waals surface area (Å²) in [6, 6.07) is 5.94. The molecule has 2 aromatic rings. The minimum absolute atomic E-state index is 0.331. The summed E-state index contributed by atoms with van der Waals surface area (Å²) in [5.74, 6) is 1.71. The second kappa shape index (κ2) is 5.83. The van der Waals surface area contributed by atoms with Gasteiger partial charge in [-0.3, -0.25) is 0 Å². The van der Waals surface area contributed by atoms with Gasteiger partial charge in [0.1, 0.15) is 5.75 Å². The molecule has 4 heteroatoms. The van der Waals surface area contributed by atoms with Gasteiger partial charge in [-0.05, 0) is 70.6 Å². The molecule has 0 atom stereocenters. The molecule has 1 aromatic carbocycles. The molecule has 0 amide bonds. The Bertz CT molecular complexity index is 639. The molecule has 1 heterocycles. The molecule has 2 rings (SSSR count). The van der Waals surface area contributed by atoms with Crippen LogP contribution in [0.5, 0.6) is 11.6 Å². The summed E-state index contributed by atoms with van der Waals surface area (Å²) in [7, 11) is 0. The normalized spacial score (nSPS) is 10.9. The number of aromatic nitrogens is 1. The van der Waals surface area contributed by atoms with E-state index in [1.807, 2.05) is 32.0 Å². The fourth-order valence-electron chi connectivity index (χ4n) is 1.96. The van der Waals surface area contributed by atoms with E-state index >= 15 is 0 Å². The number of nitrogens with zero attached hydrogens (tertiary/aromatic N) is 1. The van der Waals surface area contributed by atoms with Gasteiger partial charge >= 0.3 is 0 Å². The van der Waals surface area contributed by atoms with E-state index in [0.29, 0.717) is 11.8 Å². The van der Waals surface area contributed by atoms with Gasteiger partial charge in [0.15, 0.2) is 0 Å². The Morgan fingerprint density at radius 2 is 1.90 bits per heavy atom. The molecule has 0 spiro atoms. The van der Waals surface area contributed by atoms with E-state index in [1.54, 1.807) is 6.20 Å². The summed E-state index contributed by atoms with van der Waals surface area (Å²) in [6.45, 7) is 8.21. The first kappa shape index (κ1) is 14.9. The van der Waals surface area contributed by atoms with Crippen molar-refractivity contribution in [2.24, 2.45) is 0 Å². The van der Waals surface area contributed by atoms with E-state index in [1.165, 1.54) is 0 Å². The Hall–Kier alpha value is -1.55. The zero-order valence-electron chi connectivity index (χ0n) is 12.2. The number of benzene rings is 1. The van der Waals surface area contributed by atoms with Crippen molar-refractivity contribution in [1.82, 2.24) is 4.98 Å². The molecule has 0 fully saturated rings. The topological polar surface area (TPSA) is 48.1 Å². The highest BCUT2D eigenvalue weighted by Crippen LogP contribution is 2.35. The quantitative estimate of drug-likeness (QED) is 0.807. The maximum atomic E-state index is 5.99. The predicted molar refractivity (Wildman–Crippen MR) is 86.4 cm³/mol. The third-order valence-electron chi connectivity index (χ3n) is 3.17. The smallest absolute Gasteiger partial charge is 0.233 e. The number of rotatable bonds is 3. The first-order valence-corrected chi connectivity index (χ1v) is 7.37. The Morgan fingerprint density at radius 3 is 2.50 bits per heavy atom. The van der Waals surface area contributed by atoms with Crippen LogP contribution in [0.4, 0.5) is 5.69 Å². The Labute approximate surface area is 128 Å². The van der Waals surface area contributed by atoms with Crippen molar-refractivity contribution in [3.63, 3.8) is 0 Å². The molecule has 0 aliphatic carbocycles. The summed E-state index contributed by atoms with van der Waals surface area (Å²) >= 11 is 3.49. The van der Waals surface area contributed by atoms with Crippen LogP contribution in [-0.4, -0.2) is 4.98 Å². The minimum atomic E-state index is 0.331. The third kappa shape index (κ3) is 3.12. The molecular weight excluding hydrogens is 316 g/mol. The van der Waals surface area contributed by atoms with Crippen LogP contribution in [0.15, 0.2) is 28.9 Å². The van der Waals surface area contributed by atoms with Gasteiger partial charge in [0.25, 0.3) is 0 Å². The van der Waals surface area contributed by atoms with Gasteiger partial charge in [-0.25, -0.2) is 4.98 Å². The molecule has 0 radical (unpaired) electrons. The fourth-order valence-corrected chi connectivity index (χ4v) is 2.50. The number of hydrogen-bond acceptors (Lipinski definition) is 3. The van der Waals surface area contributed by atoms with Crippen molar-refractivity contribution in [3.8, 4) is 11.6 Å². The van der Waals surface area contributed by atoms with Gasteiger partial charge in [0, 0.05) is 11.9 Å². The standard InChI is InChI=1S/C16H19BrN2O/c1-9(2)12-7-14(18)11(4)6-15(12)20-16-13(17)5-10(3)8-19-16/h5-9H,18H2,1-4H3. The number of halogens is 1. The number of nitrogen functional groups attached to an aromatic ring is 1. The monoisotopic (exact) mass is 334 g/mol. The Kier molecular flexibility index (Phi) is 4.33. The van der Waals surface area contributed by atoms with Crippen LogP contribution in [0.25, 0.3) is 0 Å². The van der Waals surface area contributed by atoms with E-state index in [4.69, 9.17) is 10.5 Å². The van der Waals surface area contributed by atoms with Crippen LogP contribution >= 0.6 is 15.9 Å². The lowest BCUT2D eigenvalue weighted by Gasteiger charge is -2.16. The fraction of sp³-hybridized carbons (Fsp3) is 0.312. The van der Waals surface area contributed by atoms with Crippen molar-refractivity contribution in [3.05, 3.63) is 45.6 Å².